The molecule has 0 saturated carbocycles. The van der Waals surface area contributed by atoms with Crippen molar-refractivity contribution in [3.05, 3.63) is 57.6 Å². The number of hydrogen-bond donors (Lipinski definition) is 1. The summed E-state index contributed by atoms with van der Waals surface area (Å²) in [5, 5.41) is 8.73. The molecular formula is C21H20ClN5S. The summed E-state index contributed by atoms with van der Waals surface area (Å²) in [6.45, 7) is 4.34. The van der Waals surface area contributed by atoms with E-state index in [1.54, 1.807) is 6.20 Å². The average molecular weight is 410 g/mol. The second kappa shape index (κ2) is 6.17. The molecule has 1 spiro atoms. The second-order valence-corrected chi connectivity index (χ2v) is 9.40. The van der Waals surface area contributed by atoms with Gasteiger partial charge < -0.3 is 4.98 Å². The van der Waals surface area contributed by atoms with Crippen molar-refractivity contribution < 1.29 is 0 Å². The van der Waals surface area contributed by atoms with E-state index in [4.69, 9.17) is 16.7 Å². The van der Waals surface area contributed by atoms with Crippen molar-refractivity contribution in [2.45, 2.75) is 31.3 Å². The van der Waals surface area contributed by atoms with Crippen LogP contribution in [0.15, 0.2) is 42.0 Å². The number of rotatable bonds is 3. The molecule has 1 N–H and O–H groups in total. The highest BCUT2D eigenvalue weighted by molar-refractivity contribution is 7.09. The standard InChI is InChI=1S/C21H20ClN5S/c22-17-11-24-20-16(17)8-14(10-23-20)18-9-19-21(4-6-27(19)25-18)3-5-26(13-21)12-15-2-1-7-28-15/h1-2,7-11H,3-6,12-13H2,(H,23,24). The fourth-order valence-electron chi connectivity index (χ4n) is 4.84. The van der Waals surface area contributed by atoms with Crippen LogP contribution < -0.4 is 0 Å². The first-order valence-corrected chi connectivity index (χ1v) is 10.9. The third kappa shape index (κ3) is 2.55. The van der Waals surface area contributed by atoms with Crippen LogP contribution in [0.2, 0.25) is 5.02 Å². The summed E-state index contributed by atoms with van der Waals surface area (Å²) in [7, 11) is 0. The maximum absolute atomic E-state index is 6.28. The fourth-order valence-corrected chi connectivity index (χ4v) is 5.79. The molecule has 5 nitrogen and oxygen atoms in total. The lowest BCUT2D eigenvalue weighted by Gasteiger charge is -2.23. The van der Waals surface area contributed by atoms with E-state index in [0.29, 0.717) is 5.02 Å². The Morgan fingerprint density at radius 3 is 3.07 bits per heavy atom. The summed E-state index contributed by atoms with van der Waals surface area (Å²) in [5.74, 6) is 0. The van der Waals surface area contributed by atoms with Crippen LogP contribution in [0.25, 0.3) is 22.3 Å². The van der Waals surface area contributed by atoms with E-state index in [0.717, 1.165) is 48.5 Å². The molecule has 1 fully saturated rings. The van der Waals surface area contributed by atoms with Gasteiger partial charge in [-0.3, -0.25) is 9.58 Å². The number of fused-ring (bicyclic) bond motifs is 3. The van der Waals surface area contributed by atoms with Gasteiger partial charge in [-0.2, -0.15) is 5.10 Å². The van der Waals surface area contributed by atoms with E-state index in [1.165, 1.54) is 23.4 Å². The normalized spacial score (nSPS) is 21.9. The van der Waals surface area contributed by atoms with Crippen molar-refractivity contribution in [2.24, 2.45) is 0 Å². The molecule has 6 heterocycles. The molecule has 2 aliphatic rings. The van der Waals surface area contributed by atoms with Crippen molar-refractivity contribution >= 4 is 34.0 Å². The van der Waals surface area contributed by atoms with Crippen molar-refractivity contribution in [3.8, 4) is 11.3 Å². The van der Waals surface area contributed by atoms with Gasteiger partial charge in [-0.15, -0.1) is 11.3 Å². The molecule has 0 radical (unpaired) electrons. The first-order valence-electron chi connectivity index (χ1n) is 9.66. The van der Waals surface area contributed by atoms with Gasteiger partial charge in [-0.1, -0.05) is 17.7 Å². The van der Waals surface area contributed by atoms with E-state index in [9.17, 15) is 0 Å². The van der Waals surface area contributed by atoms with Gasteiger partial charge >= 0.3 is 0 Å². The zero-order chi connectivity index (χ0) is 18.7. The molecule has 6 rings (SSSR count). The molecule has 7 heteroatoms. The van der Waals surface area contributed by atoms with Gasteiger partial charge in [0.15, 0.2) is 0 Å². The van der Waals surface area contributed by atoms with E-state index in [2.05, 4.69) is 49.2 Å². The number of aromatic amines is 1. The van der Waals surface area contributed by atoms with Crippen LogP contribution in [0.1, 0.15) is 23.4 Å². The minimum atomic E-state index is 0.242. The molecule has 1 atom stereocenters. The Hall–Kier alpha value is -2.15. The molecular weight excluding hydrogens is 390 g/mol. The average Bonchev–Trinajstić information content (AvgIpc) is 3.50. The second-order valence-electron chi connectivity index (χ2n) is 7.97. The minimum Gasteiger partial charge on any atom is -0.345 e. The minimum absolute atomic E-state index is 0.242. The number of aromatic nitrogens is 4. The Labute approximate surface area is 172 Å². The topological polar surface area (TPSA) is 49.7 Å². The van der Waals surface area contributed by atoms with Crippen LogP contribution in [0.5, 0.6) is 0 Å². The van der Waals surface area contributed by atoms with Gasteiger partial charge in [0.05, 0.1) is 10.7 Å². The number of H-pyrrole nitrogens is 1. The number of pyridine rings is 1. The monoisotopic (exact) mass is 409 g/mol. The number of aryl methyl sites for hydroxylation is 1. The number of nitrogens with zero attached hydrogens (tertiary/aromatic N) is 4. The zero-order valence-corrected chi connectivity index (χ0v) is 16.9. The van der Waals surface area contributed by atoms with Gasteiger partial charge in [-0.25, -0.2) is 4.98 Å². The van der Waals surface area contributed by atoms with E-state index in [-0.39, 0.29) is 5.41 Å². The molecule has 1 saturated heterocycles. The Morgan fingerprint density at radius 1 is 1.25 bits per heavy atom. The molecule has 142 valence electrons. The molecule has 0 bridgehead atoms. The van der Waals surface area contributed by atoms with Crippen molar-refractivity contribution in [1.29, 1.82) is 0 Å². The first-order chi connectivity index (χ1) is 13.7. The summed E-state index contributed by atoms with van der Waals surface area (Å²) in [4.78, 5) is 11.7. The molecule has 0 amide bonds. The summed E-state index contributed by atoms with van der Waals surface area (Å²) in [5.41, 5.74) is 4.47. The first kappa shape index (κ1) is 16.8. The lowest BCUT2D eigenvalue weighted by atomic mass is 9.82. The summed E-state index contributed by atoms with van der Waals surface area (Å²) < 4.78 is 2.22. The third-order valence-electron chi connectivity index (χ3n) is 6.29. The lowest BCUT2D eigenvalue weighted by molar-refractivity contribution is 0.304. The zero-order valence-electron chi connectivity index (χ0n) is 15.4. The molecule has 1 unspecified atom stereocenters. The quantitative estimate of drug-likeness (QED) is 0.534. The highest BCUT2D eigenvalue weighted by Gasteiger charge is 2.45. The van der Waals surface area contributed by atoms with Crippen LogP contribution in [-0.4, -0.2) is 37.7 Å². The van der Waals surface area contributed by atoms with Gasteiger partial charge in [0.1, 0.15) is 5.65 Å². The van der Waals surface area contributed by atoms with Crippen LogP contribution in [0.4, 0.5) is 0 Å². The maximum atomic E-state index is 6.28. The molecule has 2 aliphatic heterocycles. The van der Waals surface area contributed by atoms with Crippen LogP contribution >= 0.6 is 22.9 Å². The maximum Gasteiger partial charge on any atom is 0.138 e. The fraction of sp³-hybridized carbons (Fsp3) is 0.333. The van der Waals surface area contributed by atoms with Crippen molar-refractivity contribution in [2.75, 3.05) is 13.1 Å². The molecule has 28 heavy (non-hydrogen) atoms. The van der Waals surface area contributed by atoms with Crippen molar-refractivity contribution in [3.63, 3.8) is 0 Å². The summed E-state index contributed by atoms with van der Waals surface area (Å²) in [6, 6.07) is 8.75. The van der Waals surface area contributed by atoms with Crippen molar-refractivity contribution in [1.82, 2.24) is 24.6 Å². The number of halogens is 1. The number of likely N-dealkylation sites (tertiary alicyclic amines) is 1. The summed E-state index contributed by atoms with van der Waals surface area (Å²) in [6.07, 6.45) is 6.07. The number of nitrogens with one attached hydrogen (secondary N) is 1. The molecule has 0 aromatic carbocycles. The number of hydrogen-bond acceptors (Lipinski definition) is 4. The molecule has 4 aromatic heterocycles. The smallest absolute Gasteiger partial charge is 0.138 e. The summed E-state index contributed by atoms with van der Waals surface area (Å²) >= 11 is 8.13. The Kier molecular flexibility index (Phi) is 3.70. The van der Waals surface area contributed by atoms with Crippen LogP contribution in [-0.2, 0) is 18.5 Å². The highest BCUT2D eigenvalue weighted by Crippen LogP contribution is 2.44. The Bertz CT molecular complexity index is 1160. The van der Waals surface area contributed by atoms with Crippen LogP contribution in [0, 0.1) is 0 Å². The largest absolute Gasteiger partial charge is 0.345 e. The predicted octanol–water partition coefficient (Wildman–Crippen LogP) is 4.69. The Balaban J connectivity index is 1.31. The highest BCUT2D eigenvalue weighted by atomic mass is 35.5. The van der Waals surface area contributed by atoms with E-state index in [1.807, 2.05) is 17.5 Å². The predicted molar refractivity (Wildman–Crippen MR) is 113 cm³/mol. The van der Waals surface area contributed by atoms with Gasteiger partial charge in [0, 0.05) is 59.0 Å². The Morgan fingerprint density at radius 2 is 2.18 bits per heavy atom. The number of thiophene rings is 1. The van der Waals surface area contributed by atoms with Crippen LogP contribution in [0.3, 0.4) is 0 Å². The van der Waals surface area contributed by atoms with E-state index >= 15 is 0 Å². The van der Waals surface area contributed by atoms with Gasteiger partial charge in [0.25, 0.3) is 0 Å². The van der Waals surface area contributed by atoms with E-state index < -0.39 is 0 Å². The van der Waals surface area contributed by atoms with Gasteiger partial charge in [0.2, 0.25) is 0 Å². The lowest BCUT2D eigenvalue weighted by Crippen LogP contribution is -2.28. The molecule has 4 aromatic rings. The molecule has 0 aliphatic carbocycles. The SMILES string of the molecule is Clc1c[nH]c2ncc(-c3cc4n(n3)CCC43CCN(Cc4cccs4)C3)cc12. The van der Waals surface area contributed by atoms with Gasteiger partial charge in [-0.05, 0) is 43.0 Å². The third-order valence-corrected chi connectivity index (χ3v) is 7.47.